The average Bonchev–Trinajstić information content (AvgIpc) is 3.03. The number of rotatable bonds is 6. The first kappa shape index (κ1) is 15.2. The van der Waals surface area contributed by atoms with Crippen LogP contribution in [0.3, 0.4) is 0 Å². The van der Waals surface area contributed by atoms with Crippen molar-refractivity contribution in [3.8, 4) is 5.69 Å². The molecule has 112 valence electrons. The molecule has 0 radical (unpaired) electrons. The van der Waals surface area contributed by atoms with E-state index in [-0.39, 0.29) is 5.97 Å². The van der Waals surface area contributed by atoms with Crippen molar-refractivity contribution in [2.45, 2.75) is 20.8 Å². The first-order valence-electron chi connectivity index (χ1n) is 7.40. The van der Waals surface area contributed by atoms with Gasteiger partial charge in [-0.1, -0.05) is 0 Å². The van der Waals surface area contributed by atoms with Crippen molar-refractivity contribution in [1.82, 2.24) is 4.57 Å². The highest BCUT2D eigenvalue weighted by atomic mass is 16.5. The number of carbonyl (C=O) groups excluding carboxylic acids is 1. The smallest absolute Gasteiger partial charge is 0.340 e. The van der Waals surface area contributed by atoms with Crippen LogP contribution >= 0.6 is 0 Å². The molecule has 2 rings (SSSR count). The van der Waals surface area contributed by atoms with Crippen LogP contribution in [-0.4, -0.2) is 30.2 Å². The molecule has 2 aromatic rings. The fourth-order valence-corrected chi connectivity index (χ4v) is 2.40. The Hall–Kier alpha value is -2.23. The summed E-state index contributed by atoms with van der Waals surface area (Å²) in [6.07, 6.45) is 3.92. The SMILES string of the molecule is CCOC(=O)c1cc(-n2cccc2)ccc1N(CC)CC. The molecule has 1 aromatic carbocycles. The lowest BCUT2D eigenvalue weighted by Gasteiger charge is -2.24. The van der Waals surface area contributed by atoms with Gasteiger partial charge < -0.3 is 14.2 Å². The van der Waals surface area contributed by atoms with E-state index in [4.69, 9.17) is 4.74 Å². The molecule has 0 unspecified atom stereocenters. The molecular weight excluding hydrogens is 264 g/mol. The van der Waals surface area contributed by atoms with E-state index in [0.717, 1.165) is 24.5 Å². The number of carbonyl (C=O) groups is 1. The second-order valence-corrected chi connectivity index (χ2v) is 4.68. The normalized spacial score (nSPS) is 10.4. The summed E-state index contributed by atoms with van der Waals surface area (Å²) < 4.78 is 7.19. The van der Waals surface area contributed by atoms with Gasteiger partial charge in [0.2, 0.25) is 0 Å². The Morgan fingerprint density at radius 2 is 1.81 bits per heavy atom. The summed E-state index contributed by atoms with van der Waals surface area (Å²) in [5.74, 6) is -0.270. The molecular formula is C17H22N2O2. The van der Waals surface area contributed by atoms with Gasteiger partial charge in [-0.2, -0.15) is 0 Å². The van der Waals surface area contributed by atoms with Crippen molar-refractivity contribution < 1.29 is 9.53 Å². The van der Waals surface area contributed by atoms with Gasteiger partial charge in [0.25, 0.3) is 0 Å². The number of nitrogens with zero attached hydrogens (tertiary/aromatic N) is 2. The van der Waals surface area contributed by atoms with Crippen LogP contribution in [0.5, 0.6) is 0 Å². The van der Waals surface area contributed by atoms with Crippen LogP contribution in [0.15, 0.2) is 42.7 Å². The molecule has 0 aliphatic heterocycles. The molecule has 0 fully saturated rings. The first-order chi connectivity index (χ1) is 10.2. The molecule has 0 bridgehead atoms. The van der Waals surface area contributed by atoms with Crippen LogP contribution in [0.1, 0.15) is 31.1 Å². The molecule has 0 N–H and O–H groups in total. The summed E-state index contributed by atoms with van der Waals surface area (Å²) in [5.41, 5.74) is 2.50. The minimum atomic E-state index is -0.270. The standard InChI is InChI=1S/C17H22N2O2/c1-4-18(5-2)16-10-9-14(19-11-7-8-12-19)13-15(16)17(20)21-6-3/h7-13H,4-6H2,1-3H3. The molecule has 0 saturated carbocycles. The number of hydrogen-bond acceptors (Lipinski definition) is 3. The minimum absolute atomic E-state index is 0.270. The Kier molecular flexibility index (Phi) is 5.04. The Bertz CT molecular complexity index is 587. The summed E-state index contributed by atoms with van der Waals surface area (Å²) in [6, 6.07) is 9.83. The van der Waals surface area contributed by atoms with Gasteiger partial charge in [0, 0.05) is 31.2 Å². The lowest BCUT2D eigenvalue weighted by molar-refractivity contribution is 0.0527. The number of aromatic nitrogens is 1. The number of esters is 1. The van der Waals surface area contributed by atoms with Gasteiger partial charge in [0.05, 0.1) is 17.9 Å². The molecule has 0 spiro atoms. The zero-order valence-electron chi connectivity index (χ0n) is 12.9. The number of ether oxygens (including phenoxy) is 1. The van der Waals surface area contributed by atoms with Gasteiger partial charge in [0.1, 0.15) is 0 Å². The van der Waals surface area contributed by atoms with E-state index in [2.05, 4.69) is 18.7 Å². The summed E-state index contributed by atoms with van der Waals surface area (Å²) in [5, 5.41) is 0. The first-order valence-corrected chi connectivity index (χ1v) is 7.40. The van der Waals surface area contributed by atoms with E-state index in [0.29, 0.717) is 12.2 Å². The topological polar surface area (TPSA) is 34.5 Å². The predicted molar refractivity (Wildman–Crippen MR) is 85.3 cm³/mol. The predicted octanol–water partition coefficient (Wildman–Crippen LogP) is 3.50. The highest BCUT2D eigenvalue weighted by Gasteiger charge is 2.17. The second kappa shape index (κ2) is 6.97. The van der Waals surface area contributed by atoms with Crippen LogP contribution in [0.25, 0.3) is 5.69 Å². The Morgan fingerprint density at radius 3 is 2.38 bits per heavy atom. The summed E-state index contributed by atoms with van der Waals surface area (Å²) >= 11 is 0. The van der Waals surface area contributed by atoms with E-state index in [1.165, 1.54) is 0 Å². The van der Waals surface area contributed by atoms with Crippen molar-refractivity contribution >= 4 is 11.7 Å². The molecule has 4 nitrogen and oxygen atoms in total. The maximum absolute atomic E-state index is 12.3. The van der Waals surface area contributed by atoms with E-state index in [1.807, 2.05) is 54.2 Å². The van der Waals surface area contributed by atoms with Gasteiger partial charge in [-0.05, 0) is 51.1 Å². The molecule has 1 heterocycles. The van der Waals surface area contributed by atoms with E-state index in [9.17, 15) is 4.79 Å². The Balaban J connectivity index is 2.48. The Morgan fingerprint density at radius 1 is 1.14 bits per heavy atom. The minimum Gasteiger partial charge on any atom is -0.462 e. The zero-order valence-corrected chi connectivity index (χ0v) is 12.9. The summed E-state index contributed by atoms with van der Waals surface area (Å²) in [6.45, 7) is 8.07. The van der Waals surface area contributed by atoms with E-state index >= 15 is 0 Å². The molecule has 0 amide bonds. The molecule has 0 atom stereocenters. The third kappa shape index (κ3) is 3.27. The van der Waals surface area contributed by atoms with E-state index < -0.39 is 0 Å². The average molecular weight is 286 g/mol. The van der Waals surface area contributed by atoms with Gasteiger partial charge in [-0.15, -0.1) is 0 Å². The van der Waals surface area contributed by atoms with Crippen LogP contribution < -0.4 is 4.90 Å². The lowest BCUT2D eigenvalue weighted by atomic mass is 10.1. The van der Waals surface area contributed by atoms with Crippen molar-refractivity contribution in [3.05, 3.63) is 48.3 Å². The van der Waals surface area contributed by atoms with E-state index in [1.54, 1.807) is 0 Å². The van der Waals surface area contributed by atoms with Gasteiger partial charge in [0.15, 0.2) is 0 Å². The molecule has 4 heteroatoms. The third-order valence-electron chi connectivity index (χ3n) is 3.48. The van der Waals surface area contributed by atoms with Crippen LogP contribution in [0.2, 0.25) is 0 Å². The fraction of sp³-hybridized carbons (Fsp3) is 0.353. The van der Waals surface area contributed by atoms with Crippen LogP contribution in [-0.2, 0) is 4.74 Å². The zero-order chi connectivity index (χ0) is 15.2. The van der Waals surface area contributed by atoms with Crippen molar-refractivity contribution in [3.63, 3.8) is 0 Å². The fourth-order valence-electron chi connectivity index (χ4n) is 2.40. The Labute approximate surface area is 125 Å². The van der Waals surface area contributed by atoms with Crippen molar-refractivity contribution in [1.29, 1.82) is 0 Å². The lowest BCUT2D eigenvalue weighted by Crippen LogP contribution is -2.24. The highest BCUT2D eigenvalue weighted by Crippen LogP contribution is 2.25. The molecule has 0 aliphatic carbocycles. The van der Waals surface area contributed by atoms with Crippen molar-refractivity contribution in [2.75, 3.05) is 24.6 Å². The number of hydrogen-bond donors (Lipinski definition) is 0. The van der Waals surface area contributed by atoms with Gasteiger partial charge >= 0.3 is 5.97 Å². The molecule has 0 saturated heterocycles. The molecule has 21 heavy (non-hydrogen) atoms. The number of benzene rings is 1. The highest BCUT2D eigenvalue weighted by molar-refractivity contribution is 5.96. The molecule has 1 aromatic heterocycles. The largest absolute Gasteiger partial charge is 0.462 e. The summed E-state index contributed by atoms with van der Waals surface area (Å²) in [7, 11) is 0. The summed E-state index contributed by atoms with van der Waals surface area (Å²) in [4.78, 5) is 14.4. The van der Waals surface area contributed by atoms with Crippen molar-refractivity contribution in [2.24, 2.45) is 0 Å². The monoisotopic (exact) mass is 286 g/mol. The number of anilines is 1. The van der Waals surface area contributed by atoms with Crippen LogP contribution in [0, 0.1) is 0 Å². The second-order valence-electron chi connectivity index (χ2n) is 4.68. The third-order valence-corrected chi connectivity index (χ3v) is 3.48. The molecule has 0 aliphatic rings. The van der Waals surface area contributed by atoms with Gasteiger partial charge in [-0.3, -0.25) is 0 Å². The van der Waals surface area contributed by atoms with Crippen LogP contribution in [0.4, 0.5) is 5.69 Å². The quantitative estimate of drug-likeness (QED) is 0.762. The maximum atomic E-state index is 12.3. The van der Waals surface area contributed by atoms with Gasteiger partial charge in [-0.25, -0.2) is 4.79 Å². The maximum Gasteiger partial charge on any atom is 0.340 e.